The largest absolute Gasteiger partial charge is 0.492 e. The minimum absolute atomic E-state index is 0.630. The molecule has 0 aliphatic rings. The molecule has 10 rings (SSSR count). The van der Waals surface area contributed by atoms with E-state index >= 15 is 0 Å². The number of aromatic amines is 2. The van der Waals surface area contributed by atoms with Crippen molar-refractivity contribution in [1.82, 2.24) is 55.2 Å². The molecule has 6 heterocycles. The second-order valence-corrected chi connectivity index (χ2v) is 14.1. The maximum Gasteiger partial charge on any atom is 0.157 e. The molecular formula is C44H36ClN13O. The molecule has 290 valence electrons. The predicted molar refractivity (Wildman–Crippen MR) is 233 cm³/mol. The van der Waals surface area contributed by atoms with E-state index in [9.17, 15) is 0 Å². The van der Waals surface area contributed by atoms with Crippen LogP contribution in [-0.4, -0.2) is 82.4 Å². The highest BCUT2D eigenvalue weighted by Gasteiger charge is 2.16. The number of benzene rings is 4. The number of fused-ring (bicyclic) bond motifs is 6. The molecule has 0 saturated carbocycles. The van der Waals surface area contributed by atoms with Gasteiger partial charge in [-0.25, -0.2) is 19.9 Å². The Kier molecular flexibility index (Phi) is 10.4. The fourth-order valence-corrected chi connectivity index (χ4v) is 6.97. The number of halogens is 1. The molecule has 59 heavy (non-hydrogen) atoms. The van der Waals surface area contributed by atoms with Crippen LogP contribution in [0.25, 0.3) is 66.1 Å². The van der Waals surface area contributed by atoms with Gasteiger partial charge in [0.2, 0.25) is 0 Å². The van der Waals surface area contributed by atoms with E-state index < -0.39 is 0 Å². The topological polar surface area (TPSA) is 171 Å². The molecule has 14 nitrogen and oxygen atoms in total. The van der Waals surface area contributed by atoms with Gasteiger partial charge in [-0.2, -0.15) is 10.2 Å². The molecule has 0 saturated heterocycles. The number of ether oxygens (including phenoxy) is 1. The van der Waals surface area contributed by atoms with Gasteiger partial charge in [-0.1, -0.05) is 48.0 Å². The number of para-hydroxylation sites is 3. The zero-order valence-electron chi connectivity index (χ0n) is 31.9. The van der Waals surface area contributed by atoms with Crippen molar-refractivity contribution in [2.75, 3.05) is 37.9 Å². The number of pyridine rings is 4. The van der Waals surface area contributed by atoms with Gasteiger partial charge in [-0.15, -0.1) is 0 Å². The molecule has 0 amide bonds. The number of aromatic nitrogens is 10. The van der Waals surface area contributed by atoms with Gasteiger partial charge in [0, 0.05) is 80.5 Å². The molecule has 4 aromatic carbocycles. The predicted octanol–water partition coefficient (Wildman–Crippen LogP) is 9.22. The molecule has 6 aromatic heterocycles. The number of H-pyrrole nitrogens is 2. The van der Waals surface area contributed by atoms with Gasteiger partial charge in [0.15, 0.2) is 11.6 Å². The number of hydrogen-bond donors (Lipinski definition) is 4. The minimum Gasteiger partial charge on any atom is -0.492 e. The van der Waals surface area contributed by atoms with E-state index in [4.69, 9.17) is 26.3 Å². The third kappa shape index (κ3) is 7.77. The van der Waals surface area contributed by atoms with E-state index in [0.29, 0.717) is 29.1 Å². The summed E-state index contributed by atoms with van der Waals surface area (Å²) in [6.07, 6.45) is 10.2. The molecule has 10 aromatic rings. The first kappa shape index (κ1) is 37.1. The van der Waals surface area contributed by atoms with Gasteiger partial charge in [0.05, 0.1) is 21.7 Å². The van der Waals surface area contributed by atoms with Gasteiger partial charge in [0.1, 0.15) is 36.6 Å². The zero-order valence-corrected chi connectivity index (χ0v) is 32.7. The summed E-state index contributed by atoms with van der Waals surface area (Å²) in [5, 5.41) is 27.2. The normalized spacial score (nSPS) is 11.3. The van der Waals surface area contributed by atoms with Gasteiger partial charge in [-0.3, -0.25) is 20.2 Å². The van der Waals surface area contributed by atoms with Crippen LogP contribution >= 0.6 is 11.6 Å². The molecule has 0 aliphatic heterocycles. The smallest absolute Gasteiger partial charge is 0.157 e. The van der Waals surface area contributed by atoms with Gasteiger partial charge in [-0.05, 0) is 74.8 Å². The van der Waals surface area contributed by atoms with Crippen molar-refractivity contribution in [1.29, 1.82) is 0 Å². The highest BCUT2D eigenvalue weighted by Crippen LogP contribution is 2.37. The Bertz CT molecular complexity index is 3030. The van der Waals surface area contributed by atoms with E-state index in [2.05, 4.69) is 61.9 Å². The van der Waals surface area contributed by atoms with Gasteiger partial charge in [0.25, 0.3) is 0 Å². The van der Waals surface area contributed by atoms with Crippen LogP contribution in [0.4, 0.5) is 23.0 Å². The van der Waals surface area contributed by atoms with Crippen LogP contribution < -0.4 is 15.4 Å². The van der Waals surface area contributed by atoms with Crippen LogP contribution in [0, 0.1) is 0 Å². The number of rotatable bonds is 10. The SMILES string of the molecule is CN(C)CCOc1ccc(Nc2nc3c(-c4ncn[nH]4)cccc3c3cnccc23)cc1.Clc1ccccc1Nc1nc2c(-c3ncn[nH]3)cccc2c2cnccc12. The van der Waals surface area contributed by atoms with Crippen molar-refractivity contribution < 1.29 is 4.74 Å². The van der Waals surface area contributed by atoms with Crippen LogP contribution in [0.1, 0.15) is 0 Å². The monoisotopic (exact) mass is 797 g/mol. The molecule has 15 heteroatoms. The van der Waals surface area contributed by atoms with E-state index in [1.54, 1.807) is 12.4 Å². The second-order valence-electron chi connectivity index (χ2n) is 13.7. The molecule has 0 spiro atoms. The quantitative estimate of drug-likeness (QED) is 0.0969. The van der Waals surface area contributed by atoms with Gasteiger partial charge >= 0.3 is 0 Å². The molecule has 0 atom stereocenters. The fraction of sp³-hybridized carbons (Fsp3) is 0.0909. The van der Waals surface area contributed by atoms with Crippen molar-refractivity contribution in [3.8, 4) is 28.5 Å². The summed E-state index contributed by atoms with van der Waals surface area (Å²) in [6.45, 7) is 1.52. The van der Waals surface area contributed by atoms with Crippen LogP contribution in [-0.2, 0) is 0 Å². The van der Waals surface area contributed by atoms with Crippen molar-refractivity contribution in [2.45, 2.75) is 0 Å². The summed E-state index contributed by atoms with van der Waals surface area (Å²) in [5.41, 5.74) is 5.12. The van der Waals surface area contributed by atoms with E-state index in [-0.39, 0.29) is 0 Å². The van der Waals surface area contributed by atoms with Crippen LogP contribution in [0.15, 0.2) is 135 Å². The Morgan fingerprint density at radius 1 is 0.610 bits per heavy atom. The van der Waals surface area contributed by atoms with Crippen LogP contribution in [0.5, 0.6) is 5.75 Å². The third-order valence-corrected chi connectivity index (χ3v) is 9.97. The number of nitrogens with zero attached hydrogens (tertiary/aromatic N) is 9. The van der Waals surface area contributed by atoms with Gasteiger partial charge < -0.3 is 20.3 Å². The summed E-state index contributed by atoms with van der Waals surface area (Å²) in [6, 6.07) is 31.4. The van der Waals surface area contributed by atoms with Crippen molar-refractivity contribution in [3.63, 3.8) is 0 Å². The average Bonchev–Trinajstić information content (AvgIpc) is 4.02. The summed E-state index contributed by atoms with van der Waals surface area (Å²) < 4.78 is 5.80. The molecule has 0 aliphatic carbocycles. The average molecular weight is 798 g/mol. The lowest BCUT2D eigenvalue weighted by atomic mass is 10.0. The first-order valence-electron chi connectivity index (χ1n) is 18.7. The number of likely N-dealkylation sites (N-methyl/N-ethyl adjacent to an activating group) is 1. The summed E-state index contributed by atoms with van der Waals surface area (Å²) in [5.74, 6) is 3.64. The Labute approximate surface area is 342 Å². The standard InChI is InChI=1S/C24H23N7O.C20H13ClN6/c1-31(2)12-13-32-17-8-6-16(7-9-17)28-24-19-10-11-25-14-21(19)18-4-3-5-20(22(18)29-24)23-26-15-27-30-23;21-16-6-1-2-7-17(16)25-20-13-8-9-22-10-15(13)12-4-3-5-14(18(12)26-20)19-23-11-24-27-19/h3-11,14-15H,12-13H2,1-2H3,(H,28,29)(H,26,27,30);1-11H,(H,25,26)(H,23,24,27). The fourth-order valence-electron chi connectivity index (χ4n) is 6.79. The molecule has 0 unspecified atom stereocenters. The molecule has 4 N–H and O–H groups in total. The lowest BCUT2D eigenvalue weighted by Gasteiger charge is -2.14. The Hall–Kier alpha value is -7.55. The lowest BCUT2D eigenvalue weighted by Crippen LogP contribution is -2.19. The zero-order chi connectivity index (χ0) is 40.1. The number of hydrogen-bond acceptors (Lipinski definition) is 12. The second kappa shape index (κ2) is 16.5. The maximum atomic E-state index is 6.33. The lowest BCUT2D eigenvalue weighted by molar-refractivity contribution is 0.261. The van der Waals surface area contributed by atoms with Crippen LogP contribution in [0.2, 0.25) is 5.02 Å². The molecule has 0 radical (unpaired) electrons. The first-order chi connectivity index (χ1) is 29.0. The van der Waals surface area contributed by atoms with Crippen molar-refractivity contribution in [3.05, 3.63) is 140 Å². The minimum atomic E-state index is 0.630. The molecular weight excluding hydrogens is 762 g/mol. The summed E-state index contributed by atoms with van der Waals surface area (Å²) in [4.78, 5) is 29.2. The van der Waals surface area contributed by atoms with Crippen molar-refractivity contribution in [2.24, 2.45) is 0 Å². The Morgan fingerprint density at radius 2 is 1.19 bits per heavy atom. The summed E-state index contributed by atoms with van der Waals surface area (Å²) in [7, 11) is 4.06. The number of nitrogens with one attached hydrogen (secondary N) is 4. The Balaban J connectivity index is 0.000000154. The third-order valence-electron chi connectivity index (χ3n) is 9.64. The maximum absolute atomic E-state index is 6.33. The van der Waals surface area contributed by atoms with Crippen LogP contribution in [0.3, 0.4) is 0 Å². The number of anilines is 4. The first-order valence-corrected chi connectivity index (χ1v) is 19.1. The molecule has 0 fully saturated rings. The van der Waals surface area contributed by atoms with E-state index in [0.717, 1.165) is 84.0 Å². The highest BCUT2D eigenvalue weighted by molar-refractivity contribution is 6.33. The van der Waals surface area contributed by atoms with E-state index in [1.807, 2.05) is 117 Å². The van der Waals surface area contributed by atoms with Crippen molar-refractivity contribution >= 4 is 78.0 Å². The Morgan fingerprint density at radius 3 is 1.73 bits per heavy atom. The summed E-state index contributed by atoms with van der Waals surface area (Å²) >= 11 is 6.33. The van der Waals surface area contributed by atoms with E-state index in [1.165, 1.54) is 12.7 Å². The highest BCUT2D eigenvalue weighted by atomic mass is 35.5. The molecule has 0 bridgehead atoms.